The fraction of sp³-hybridized carbons (Fsp3) is 0.714. The lowest BCUT2D eigenvalue weighted by Crippen LogP contribution is -2.69. The van der Waals surface area contributed by atoms with Gasteiger partial charge in [0.25, 0.3) is 5.91 Å². The fourth-order valence-corrected chi connectivity index (χ4v) is 2.31. The van der Waals surface area contributed by atoms with Crippen LogP contribution >= 0.6 is 0 Å². The fourth-order valence-electron chi connectivity index (χ4n) is 2.31. The SMILES string of the molecule is CC(C)[C@](NC(=O)OC(C)(C)C)(C(=O)O)N1CCC(=O)C1=O. The number of ketones is 1. The topological polar surface area (TPSA) is 113 Å². The highest BCUT2D eigenvalue weighted by Gasteiger charge is 2.54. The number of amides is 2. The third-order valence-electron chi connectivity index (χ3n) is 3.33. The second kappa shape index (κ2) is 5.94. The van der Waals surface area contributed by atoms with Crippen LogP contribution in [0.2, 0.25) is 0 Å². The molecule has 2 amide bonds. The van der Waals surface area contributed by atoms with E-state index in [1.807, 2.05) is 0 Å². The first-order chi connectivity index (χ1) is 9.91. The van der Waals surface area contributed by atoms with Crippen molar-refractivity contribution in [2.45, 2.75) is 52.3 Å². The maximum absolute atomic E-state index is 12.0. The van der Waals surface area contributed by atoms with Crippen molar-refractivity contribution >= 4 is 23.8 Å². The minimum Gasteiger partial charge on any atom is -0.478 e. The zero-order valence-corrected chi connectivity index (χ0v) is 13.4. The van der Waals surface area contributed by atoms with Crippen molar-refractivity contribution in [2.24, 2.45) is 5.92 Å². The van der Waals surface area contributed by atoms with Crippen LogP contribution in [0.15, 0.2) is 0 Å². The van der Waals surface area contributed by atoms with E-state index in [0.29, 0.717) is 0 Å². The summed E-state index contributed by atoms with van der Waals surface area (Å²) < 4.78 is 5.08. The van der Waals surface area contributed by atoms with E-state index in [4.69, 9.17) is 4.74 Å². The van der Waals surface area contributed by atoms with E-state index >= 15 is 0 Å². The number of Topliss-reactive ketones (excluding diaryl/α,β-unsaturated/α-hetero) is 1. The number of carbonyl (C=O) groups is 4. The number of carboxylic acid groups (broad SMARTS) is 1. The summed E-state index contributed by atoms with van der Waals surface area (Å²) in [6.07, 6.45) is -1.04. The van der Waals surface area contributed by atoms with Gasteiger partial charge in [-0.3, -0.25) is 14.9 Å². The molecule has 1 aliphatic rings. The first kappa shape index (κ1) is 17.9. The van der Waals surface area contributed by atoms with Gasteiger partial charge in [-0.15, -0.1) is 0 Å². The van der Waals surface area contributed by atoms with E-state index in [9.17, 15) is 24.3 Å². The smallest absolute Gasteiger partial charge is 0.409 e. The number of nitrogens with zero attached hydrogens (tertiary/aromatic N) is 1. The van der Waals surface area contributed by atoms with Crippen LogP contribution in [0.3, 0.4) is 0 Å². The first-order valence-electron chi connectivity index (χ1n) is 7.01. The van der Waals surface area contributed by atoms with Crippen molar-refractivity contribution in [2.75, 3.05) is 6.54 Å². The van der Waals surface area contributed by atoms with Crippen LogP contribution in [0.5, 0.6) is 0 Å². The van der Waals surface area contributed by atoms with Gasteiger partial charge in [0.05, 0.1) is 0 Å². The van der Waals surface area contributed by atoms with Crippen LogP contribution in [0, 0.1) is 5.92 Å². The van der Waals surface area contributed by atoms with Crippen molar-refractivity contribution < 1.29 is 29.0 Å². The van der Waals surface area contributed by atoms with Crippen LogP contribution < -0.4 is 5.32 Å². The lowest BCUT2D eigenvalue weighted by Gasteiger charge is -2.41. The molecule has 0 aromatic rings. The molecule has 1 aliphatic heterocycles. The van der Waals surface area contributed by atoms with Crippen LogP contribution in [-0.2, 0) is 19.1 Å². The number of nitrogens with one attached hydrogen (secondary N) is 1. The van der Waals surface area contributed by atoms with E-state index in [1.54, 1.807) is 34.6 Å². The Bertz CT molecular complexity index is 508. The highest BCUT2D eigenvalue weighted by Crippen LogP contribution is 2.27. The maximum Gasteiger partial charge on any atom is 0.409 e. The van der Waals surface area contributed by atoms with Gasteiger partial charge in [-0.1, -0.05) is 13.8 Å². The quantitative estimate of drug-likeness (QED) is 0.740. The van der Waals surface area contributed by atoms with Gasteiger partial charge in [-0.05, 0) is 20.8 Å². The minimum absolute atomic E-state index is 0.0576. The number of rotatable bonds is 4. The summed E-state index contributed by atoms with van der Waals surface area (Å²) in [6, 6.07) is 0. The van der Waals surface area contributed by atoms with Crippen molar-refractivity contribution in [3.05, 3.63) is 0 Å². The molecule has 1 heterocycles. The number of carboxylic acids is 1. The molecule has 8 heteroatoms. The number of alkyl carbamates (subject to hydrolysis) is 1. The molecule has 1 rings (SSSR count). The Hall–Kier alpha value is -2.12. The molecule has 0 aromatic carbocycles. The number of ether oxygens (including phenoxy) is 1. The molecule has 1 atom stereocenters. The normalized spacial score (nSPS) is 18.4. The van der Waals surface area contributed by atoms with Gasteiger partial charge in [0.1, 0.15) is 5.60 Å². The molecule has 2 N–H and O–H groups in total. The molecule has 22 heavy (non-hydrogen) atoms. The van der Waals surface area contributed by atoms with Crippen molar-refractivity contribution in [1.82, 2.24) is 10.2 Å². The van der Waals surface area contributed by atoms with Crippen molar-refractivity contribution in [3.63, 3.8) is 0 Å². The molecule has 0 aromatic heterocycles. The van der Waals surface area contributed by atoms with Gasteiger partial charge in [0.15, 0.2) is 0 Å². The second-order valence-electron chi connectivity index (χ2n) is 6.48. The predicted octanol–water partition coefficient (Wildman–Crippen LogP) is 0.749. The number of likely N-dealkylation sites (tertiary alicyclic amines) is 1. The second-order valence-corrected chi connectivity index (χ2v) is 6.48. The number of hydrogen-bond acceptors (Lipinski definition) is 5. The maximum atomic E-state index is 12.0. The van der Waals surface area contributed by atoms with Crippen molar-refractivity contribution in [3.8, 4) is 0 Å². The van der Waals surface area contributed by atoms with E-state index in [1.165, 1.54) is 0 Å². The van der Waals surface area contributed by atoms with Gasteiger partial charge in [-0.2, -0.15) is 0 Å². The van der Waals surface area contributed by atoms with E-state index in [0.717, 1.165) is 4.90 Å². The van der Waals surface area contributed by atoms with Crippen LogP contribution in [-0.4, -0.2) is 51.6 Å². The molecule has 0 saturated carbocycles. The molecule has 1 saturated heterocycles. The molecule has 1 fully saturated rings. The summed E-state index contributed by atoms with van der Waals surface area (Å²) in [5.41, 5.74) is -2.85. The zero-order valence-electron chi connectivity index (χ0n) is 13.4. The molecule has 0 unspecified atom stereocenters. The molecule has 8 nitrogen and oxygen atoms in total. The van der Waals surface area contributed by atoms with Gasteiger partial charge in [0, 0.05) is 18.9 Å². The predicted molar refractivity (Wildman–Crippen MR) is 75.9 cm³/mol. The van der Waals surface area contributed by atoms with E-state index in [2.05, 4.69) is 5.32 Å². The molecule has 0 radical (unpaired) electrons. The van der Waals surface area contributed by atoms with E-state index in [-0.39, 0.29) is 13.0 Å². The third-order valence-corrected chi connectivity index (χ3v) is 3.33. The lowest BCUT2D eigenvalue weighted by atomic mass is 9.94. The first-order valence-corrected chi connectivity index (χ1v) is 7.01. The molecular weight excluding hydrogens is 292 g/mol. The van der Waals surface area contributed by atoms with Gasteiger partial charge < -0.3 is 14.7 Å². The number of carbonyl (C=O) groups excluding carboxylic acids is 3. The summed E-state index contributed by atoms with van der Waals surface area (Å²) in [5.74, 6) is -3.67. The Morgan fingerprint density at radius 2 is 1.82 bits per heavy atom. The van der Waals surface area contributed by atoms with Gasteiger partial charge in [-0.25, -0.2) is 9.59 Å². The minimum atomic E-state index is -2.02. The molecular formula is C14H22N2O6. The Balaban J connectivity index is 3.18. The molecule has 0 spiro atoms. The molecule has 0 aliphatic carbocycles. The van der Waals surface area contributed by atoms with Crippen molar-refractivity contribution in [1.29, 1.82) is 0 Å². The average molecular weight is 314 g/mol. The van der Waals surface area contributed by atoms with Gasteiger partial charge in [0.2, 0.25) is 11.4 Å². The third kappa shape index (κ3) is 3.37. The Morgan fingerprint density at radius 1 is 1.27 bits per heavy atom. The standard InChI is InChI=1S/C14H22N2O6/c1-8(2)14(11(19)20,15-12(21)22-13(3,4)5)16-7-6-9(17)10(16)18/h8H,6-7H2,1-5H3,(H,15,21)(H,19,20)/t14-/m1/s1. The van der Waals surface area contributed by atoms with Crippen LogP contribution in [0.25, 0.3) is 0 Å². The molecule has 124 valence electrons. The van der Waals surface area contributed by atoms with Crippen LogP contribution in [0.1, 0.15) is 41.0 Å². The zero-order chi connectivity index (χ0) is 17.3. The molecule has 0 bridgehead atoms. The summed E-state index contributed by atoms with van der Waals surface area (Å²) in [5, 5.41) is 11.9. The largest absolute Gasteiger partial charge is 0.478 e. The lowest BCUT2D eigenvalue weighted by molar-refractivity contribution is -0.164. The summed E-state index contributed by atoms with van der Waals surface area (Å²) in [7, 11) is 0. The Labute approximate surface area is 128 Å². The summed E-state index contributed by atoms with van der Waals surface area (Å²) in [6.45, 7) is 7.93. The Morgan fingerprint density at radius 3 is 2.14 bits per heavy atom. The number of hydrogen-bond donors (Lipinski definition) is 2. The highest BCUT2D eigenvalue weighted by molar-refractivity contribution is 6.38. The summed E-state index contributed by atoms with van der Waals surface area (Å²) in [4.78, 5) is 48.1. The summed E-state index contributed by atoms with van der Waals surface area (Å²) >= 11 is 0. The van der Waals surface area contributed by atoms with E-state index < -0.39 is 40.9 Å². The highest BCUT2D eigenvalue weighted by atomic mass is 16.6. The van der Waals surface area contributed by atoms with Crippen LogP contribution in [0.4, 0.5) is 4.79 Å². The Kier molecular flexibility index (Phi) is 4.84. The monoisotopic (exact) mass is 314 g/mol. The van der Waals surface area contributed by atoms with Gasteiger partial charge >= 0.3 is 12.1 Å². The number of aliphatic carboxylic acids is 1. The average Bonchev–Trinajstić information content (AvgIpc) is 2.64.